The number of nitrogens with zero attached hydrogens (tertiary/aromatic N) is 4. The van der Waals surface area contributed by atoms with Gasteiger partial charge >= 0.3 is 0 Å². The number of anilines is 1. The van der Waals surface area contributed by atoms with E-state index in [1.54, 1.807) is 17.5 Å². The second kappa shape index (κ2) is 7.02. The fourth-order valence-corrected chi connectivity index (χ4v) is 4.75. The van der Waals surface area contributed by atoms with Crippen molar-refractivity contribution in [3.05, 3.63) is 58.0 Å². The highest BCUT2D eigenvalue weighted by molar-refractivity contribution is 7.07. The zero-order valence-electron chi connectivity index (χ0n) is 15.3. The molecule has 0 aromatic carbocycles. The Bertz CT molecular complexity index is 929. The molecule has 1 aliphatic heterocycles. The van der Waals surface area contributed by atoms with Crippen LogP contribution >= 0.6 is 11.3 Å². The van der Waals surface area contributed by atoms with E-state index in [1.807, 2.05) is 18.2 Å². The van der Waals surface area contributed by atoms with Crippen LogP contribution in [-0.2, 0) is 17.6 Å². The molecule has 0 radical (unpaired) electrons. The smallest absolute Gasteiger partial charge is 0.180 e. The largest absolute Gasteiger partial charge is 0.367 e. The van der Waals surface area contributed by atoms with Gasteiger partial charge in [-0.15, -0.1) is 0 Å². The standard InChI is InChI=1S/C21H22N4OS/c1-14-11-25(12-19(26-14)15-8-10-27-13-15)21-16-5-4-7-17(16)23-20(24-21)18-6-2-3-9-22-18/h2-3,6,8-10,13-14,19H,4-5,7,11-12H2,1H3. The highest BCUT2D eigenvalue weighted by Crippen LogP contribution is 2.35. The van der Waals surface area contributed by atoms with Crippen molar-refractivity contribution in [2.24, 2.45) is 0 Å². The Morgan fingerprint density at radius 1 is 1.15 bits per heavy atom. The Morgan fingerprint density at radius 2 is 2.11 bits per heavy atom. The third-order valence-electron chi connectivity index (χ3n) is 5.28. The van der Waals surface area contributed by atoms with Gasteiger partial charge in [-0.3, -0.25) is 4.98 Å². The highest BCUT2D eigenvalue weighted by Gasteiger charge is 2.31. The topological polar surface area (TPSA) is 51.1 Å². The maximum Gasteiger partial charge on any atom is 0.180 e. The summed E-state index contributed by atoms with van der Waals surface area (Å²) < 4.78 is 6.23. The fraction of sp³-hybridized carbons (Fsp3) is 0.381. The lowest BCUT2D eigenvalue weighted by molar-refractivity contribution is -0.0174. The number of fused-ring (bicyclic) bond motifs is 1. The molecule has 138 valence electrons. The number of hydrogen-bond acceptors (Lipinski definition) is 6. The van der Waals surface area contributed by atoms with Crippen LogP contribution in [0.4, 0.5) is 5.82 Å². The van der Waals surface area contributed by atoms with Crippen LogP contribution in [0.1, 0.15) is 36.3 Å². The number of rotatable bonds is 3. The molecule has 3 aromatic rings. The van der Waals surface area contributed by atoms with Crippen LogP contribution in [-0.4, -0.2) is 34.1 Å². The van der Waals surface area contributed by atoms with Gasteiger partial charge in [0.1, 0.15) is 17.6 Å². The zero-order chi connectivity index (χ0) is 18.2. The Morgan fingerprint density at radius 3 is 2.93 bits per heavy atom. The molecular formula is C21H22N4OS. The lowest BCUT2D eigenvalue weighted by Crippen LogP contribution is -2.43. The molecule has 0 saturated carbocycles. The van der Waals surface area contributed by atoms with Crippen molar-refractivity contribution < 1.29 is 4.74 Å². The molecule has 4 heterocycles. The SMILES string of the molecule is CC1CN(c2nc(-c3ccccn3)nc3c2CCC3)CC(c2ccsc2)O1. The summed E-state index contributed by atoms with van der Waals surface area (Å²) in [4.78, 5) is 16.7. The molecule has 0 amide bonds. The Hall–Kier alpha value is -2.31. The number of aromatic nitrogens is 3. The first-order valence-electron chi connectivity index (χ1n) is 9.51. The third kappa shape index (κ3) is 3.24. The maximum absolute atomic E-state index is 6.23. The average molecular weight is 379 g/mol. The Labute approximate surface area is 163 Å². The molecule has 5 rings (SSSR count). The third-order valence-corrected chi connectivity index (χ3v) is 5.98. The quantitative estimate of drug-likeness (QED) is 0.688. The lowest BCUT2D eigenvalue weighted by Gasteiger charge is -2.38. The minimum atomic E-state index is 0.0883. The number of aryl methyl sites for hydroxylation is 1. The van der Waals surface area contributed by atoms with Crippen molar-refractivity contribution in [2.75, 3.05) is 18.0 Å². The van der Waals surface area contributed by atoms with Gasteiger partial charge in [0.25, 0.3) is 0 Å². The van der Waals surface area contributed by atoms with Gasteiger partial charge in [0.05, 0.1) is 6.10 Å². The summed E-state index contributed by atoms with van der Waals surface area (Å²) in [5, 5.41) is 4.30. The van der Waals surface area contributed by atoms with Crippen LogP contribution in [0, 0.1) is 0 Å². The summed E-state index contributed by atoms with van der Waals surface area (Å²) in [5.74, 6) is 1.81. The summed E-state index contributed by atoms with van der Waals surface area (Å²) in [6, 6.07) is 8.06. The summed E-state index contributed by atoms with van der Waals surface area (Å²) >= 11 is 1.72. The highest BCUT2D eigenvalue weighted by atomic mass is 32.1. The number of thiophene rings is 1. The summed E-state index contributed by atoms with van der Waals surface area (Å²) in [6.45, 7) is 3.82. The van der Waals surface area contributed by atoms with E-state index in [1.165, 1.54) is 16.8 Å². The lowest BCUT2D eigenvalue weighted by atomic mass is 10.1. The fourth-order valence-electron chi connectivity index (χ4n) is 4.05. The van der Waals surface area contributed by atoms with Gasteiger partial charge in [0.2, 0.25) is 0 Å². The van der Waals surface area contributed by atoms with E-state index >= 15 is 0 Å². The Balaban J connectivity index is 1.54. The molecule has 0 spiro atoms. The van der Waals surface area contributed by atoms with E-state index in [9.17, 15) is 0 Å². The number of hydrogen-bond donors (Lipinski definition) is 0. The molecular weight excluding hydrogens is 356 g/mol. The molecule has 2 aliphatic rings. The van der Waals surface area contributed by atoms with Gasteiger partial charge in [-0.05, 0) is 60.7 Å². The number of pyridine rings is 1. The van der Waals surface area contributed by atoms with Crippen molar-refractivity contribution in [1.82, 2.24) is 15.0 Å². The first-order chi connectivity index (χ1) is 13.3. The van der Waals surface area contributed by atoms with Crippen molar-refractivity contribution in [1.29, 1.82) is 0 Å². The van der Waals surface area contributed by atoms with Gasteiger partial charge in [-0.1, -0.05) is 6.07 Å². The average Bonchev–Trinajstić information content (AvgIpc) is 3.39. The molecule has 5 nitrogen and oxygen atoms in total. The number of ether oxygens (including phenoxy) is 1. The van der Waals surface area contributed by atoms with E-state index < -0.39 is 0 Å². The Kier molecular flexibility index (Phi) is 4.38. The first-order valence-corrected chi connectivity index (χ1v) is 10.5. The minimum Gasteiger partial charge on any atom is -0.367 e. The van der Waals surface area contributed by atoms with E-state index in [4.69, 9.17) is 14.7 Å². The second-order valence-electron chi connectivity index (χ2n) is 7.26. The summed E-state index contributed by atoms with van der Waals surface area (Å²) in [5.41, 5.74) is 4.59. The van der Waals surface area contributed by atoms with Crippen LogP contribution < -0.4 is 4.90 Å². The van der Waals surface area contributed by atoms with Gasteiger partial charge < -0.3 is 9.64 Å². The van der Waals surface area contributed by atoms with Gasteiger partial charge in [-0.25, -0.2) is 9.97 Å². The van der Waals surface area contributed by atoms with E-state index in [-0.39, 0.29) is 12.2 Å². The summed E-state index contributed by atoms with van der Waals surface area (Å²) in [7, 11) is 0. The maximum atomic E-state index is 6.23. The zero-order valence-corrected chi connectivity index (χ0v) is 16.2. The molecule has 27 heavy (non-hydrogen) atoms. The normalized spacial score (nSPS) is 22.0. The molecule has 2 unspecified atom stereocenters. The van der Waals surface area contributed by atoms with Crippen LogP contribution in [0.2, 0.25) is 0 Å². The van der Waals surface area contributed by atoms with Gasteiger partial charge in [0, 0.05) is 30.5 Å². The van der Waals surface area contributed by atoms with E-state index in [0.29, 0.717) is 0 Å². The molecule has 0 N–H and O–H groups in total. The predicted molar refractivity (Wildman–Crippen MR) is 107 cm³/mol. The second-order valence-corrected chi connectivity index (χ2v) is 8.04. The molecule has 2 atom stereocenters. The molecule has 3 aromatic heterocycles. The van der Waals surface area contributed by atoms with Crippen molar-refractivity contribution in [2.45, 2.75) is 38.4 Å². The molecule has 1 fully saturated rings. The number of morpholine rings is 1. The van der Waals surface area contributed by atoms with Gasteiger partial charge in [-0.2, -0.15) is 11.3 Å². The van der Waals surface area contributed by atoms with Crippen LogP contribution in [0.5, 0.6) is 0 Å². The van der Waals surface area contributed by atoms with E-state index in [2.05, 4.69) is 33.6 Å². The minimum absolute atomic E-state index is 0.0883. The molecule has 6 heteroatoms. The van der Waals surface area contributed by atoms with Crippen LogP contribution in [0.15, 0.2) is 41.2 Å². The van der Waals surface area contributed by atoms with Crippen molar-refractivity contribution in [3.8, 4) is 11.5 Å². The van der Waals surface area contributed by atoms with E-state index in [0.717, 1.165) is 49.7 Å². The monoisotopic (exact) mass is 378 g/mol. The molecule has 0 bridgehead atoms. The van der Waals surface area contributed by atoms with Crippen molar-refractivity contribution in [3.63, 3.8) is 0 Å². The molecule has 1 saturated heterocycles. The van der Waals surface area contributed by atoms with Crippen LogP contribution in [0.3, 0.4) is 0 Å². The van der Waals surface area contributed by atoms with Crippen LogP contribution in [0.25, 0.3) is 11.5 Å². The van der Waals surface area contributed by atoms with Gasteiger partial charge in [0.15, 0.2) is 5.82 Å². The predicted octanol–water partition coefficient (Wildman–Crippen LogP) is 4.06. The summed E-state index contributed by atoms with van der Waals surface area (Å²) in [6.07, 6.45) is 5.28. The van der Waals surface area contributed by atoms with Crippen molar-refractivity contribution >= 4 is 17.2 Å². The molecule has 1 aliphatic carbocycles. The first kappa shape index (κ1) is 16.8.